The van der Waals surface area contributed by atoms with Gasteiger partial charge in [-0.25, -0.2) is 4.98 Å². The molecule has 28 heavy (non-hydrogen) atoms. The Balaban J connectivity index is 0.00000280. The number of rotatable bonds is 5. The highest BCUT2D eigenvalue weighted by Gasteiger charge is 2.25. The van der Waals surface area contributed by atoms with Crippen LogP contribution in [0.4, 0.5) is 5.82 Å². The summed E-state index contributed by atoms with van der Waals surface area (Å²) < 4.78 is 0. The van der Waals surface area contributed by atoms with Crippen LogP contribution in [-0.4, -0.2) is 43.0 Å². The number of guanidine groups is 1. The fourth-order valence-electron chi connectivity index (χ4n) is 3.09. The van der Waals surface area contributed by atoms with Gasteiger partial charge < -0.3 is 21.3 Å². The summed E-state index contributed by atoms with van der Waals surface area (Å²) in [5, 5.41) is 7.36. The molecular formula is C19H24ClIN6O. The highest BCUT2D eigenvalue weighted by molar-refractivity contribution is 14.0. The van der Waals surface area contributed by atoms with Crippen molar-refractivity contribution in [2.24, 2.45) is 10.7 Å². The molecule has 0 spiro atoms. The fourth-order valence-corrected chi connectivity index (χ4v) is 3.33. The molecule has 0 aliphatic carbocycles. The van der Waals surface area contributed by atoms with Crippen molar-refractivity contribution in [2.45, 2.75) is 19.0 Å². The number of nitrogens with zero attached hydrogens (tertiary/aromatic N) is 3. The van der Waals surface area contributed by atoms with E-state index in [1.165, 1.54) is 0 Å². The van der Waals surface area contributed by atoms with Crippen molar-refractivity contribution < 1.29 is 4.79 Å². The van der Waals surface area contributed by atoms with Crippen molar-refractivity contribution in [3.63, 3.8) is 0 Å². The van der Waals surface area contributed by atoms with E-state index in [4.69, 9.17) is 17.3 Å². The maximum atomic E-state index is 11.3. The first-order valence-corrected chi connectivity index (χ1v) is 9.16. The van der Waals surface area contributed by atoms with Crippen LogP contribution < -0.4 is 21.3 Å². The number of hydrogen-bond acceptors (Lipinski definition) is 4. The predicted molar refractivity (Wildman–Crippen MR) is 124 cm³/mol. The Labute approximate surface area is 186 Å². The molecule has 0 saturated carbocycles. The minimum atomic E-state index is -0.432. The summed E-state index contributed by atoms with van der Waals surface area (Å²) in [6.07, 6.45) is 2.72. The van der Waals surface area contributed by atoms with Gasteiger partial charge in [-0.3, -0.25) is 9.79 Å². The largest absolute Gasteiger partial charge is 0.366 e. The molecule has 150 valence electrons. The molecule has 1 aromatic heterocycles. The van der Waals surface area contributed by atoms with Gasteiger partial charge in [0.25, 0.3) is 0 Å². The third kappa shape index (κ3) is 5.71. The number of nitrogens with two attached hydrogens (primary N) is 1. The van der Waals surface area contributed by atoms with Crippen LogP contribution in [0.5, 0.6) is 0 Å². The normalized spacial score (nSPS) is 16.4. The van der Waals surface area contributed by atoms with E-state index in [1.807, 2.05) is 24.3 Å². The van der Waals surface area contributed by atoms with Crippen LogP contribution in [0.3, 0.4) is 0 Å². The molecule has 1 unspecified atom stereocenters. The number of carbonyl (C=O) groups is 1. The van der Waals surface area contributed by atoms with Crippen molar-refractivity contribution in [1.29, 1.82) is 0 Å². The molecule has 1 saturated heterocycles. The molecular weight excluding hydrogens is 491 g/mol. The number of amides is 1. The first-order valence-electron chi connectivity index (χ1n) is 8.78. The minimum Gasteiger partial charge on any atom is -0.366 e. The number of carbonyl (C=O) groups excluding carboxylic acids is 1. The lowest BCUT2D eigenvalue weighted by molar-refractivity contribution is 0.1000. The van der Waals surface area contributed by atoms with Gasteiger partial charge in [-0.1, -0.05) is 23.7 Å². The Hall–Kier alpha value is -2.07. The number of anilines is 1. The average Bonchev–Trinajstić information content (AvgIpc) is 3.14. The highest BCUT2D eigenvalue weighted by Crippen LogP contribution is 2.25. The molecule has 2 heterocycles. The predicted octanol–water partition coefficient (Wildman–Crippen LogP) is 2.40. The van der Waals surface area contributed by atoms with E-state index in [2.05, 4.69) is 25.5 Å². The van der Waals surface area contributed by atoms with Crippen LogP contribution in [0.2, 0.25) is 5.02 Å². The molecule has 9 heteroatoms. The van der Waals surface area contributed by atoms with Crippen LogP contribution >= 0.6 is 35.6 Å². The van der Waals surface area contributed by atoms with Crippen LogP contribution in [0, 0.1) is 0 Å². The van der Waals surface area contributed by atoms with Crippen molar-refractivity contribution in [3.05, 3.63) is 58.7 Å². The lowest BCUT2D eigenvalue weighted by Crippen LogP contribution is -2.44. The smallest absolute Gasteiger partial charge is 0.248 e. The van der Waals surface area contributed by atoms with Gasteiger partial charge >= 0.3 is 0 Å². The summed E-state index contributed by atoms with van der Waals surface area (Å²) in [6, 6.07) is 11.2. The van der Waals surface area contributed by atoms with E-state index in [9.17, 15) is 4.79 Å². The molecule has 2 aromatic rings. The molecule has 1 aliphatic rings. The zero-order valence-corrected chi connectivity index (χ0v) is 18.6. The van der Waals surface area contributed by atoms with E-state index in [0.717, 1.165) is 30.9 Å². The number of benzene rings is 1. The molecule has 1 aliphatic heterocycles. The van der Waals surface area contributed by atoms with Crippen LogP contribution in [0.15, 0.2) is 47.6 Å². The van der Waals surface area contributed by atoms with Gasteiger partial charge in [-0.15, -0.1) is 24.0 Å². The number of aromatic nitrogens is 1. The summed E-state index contributed by atoms with van der Waals surface area (Å²) in [5.41, 5.74) is 6.79. The van der Waals surface area contributed by atoms with Gasteiger partial charge in [-0.2, -0.15) is 0 Å². The quantitative estimate of drug-likeness (QED) is 0.324. The van der Waals surface area contributed by atoms with Gasteiger partial charge in [0.15, 0.2) is 5.96 Å². The molecule has 1 fully saturated rings. The SMILES string of the molecule is CN=C(NCc1cccc(C(N)=O)c1)NC1CCN(c2ncccc2Cl)C1.I. The summed E-state index contributed by atoms with van der Waals surface area (Å²) in [4.78, 5) is 22.1. The summed E-state index contributed by atoms with van der Waals surface area (Å²) in [5.74, 6) is 1.09. The van der Waals surface area contributed by atoms with Crippen LogP contribution in [0.1, 0.15) is 22.3 Å². The maximum Gasteiger partial charge on any atom is 0.248 e. The summed E-state index contributed by atoms with van der Waals surface area (Å²) in [6.45, 7) is 2.23. The number of pyridine rings is 1. The number of nitrogens with one attached hydrogen (secondary N) is 2. The van der Waals surface area contributed by atoms with Gasteiger partial charge in [0.2, 0.25) is 5.91 Å². The maximum absolute atomic E-state index is 11.3. The zero-order chi connectivity index (χ0) is 19.2. The molecule has 7 nitrogen and oxygen atoms in total. The Bertz CT molecular complexity index is 847. The van der Waals surface area contributed by atoms with Crippen molar-refractivity contribution in [2.75, 3.05) is 25.0 Å². The van der Waals surface area contributed by atoms with E-state index >= 15 is 0 Å². The highest BCUT2D eigenvalue weighted by atomic mass is 127. The Morgan fingerprint density at radius 3 is 2.93 bits per heavy atom. The molecule has 1 atom stereocenters. The molecule has 1 aromatic carbocycles. The van der Waals surface area contributed by atoms with E-state index in [0.29, 0.717) is 23.1 Å². The van der Waals surface area contributed by atoms with Crippen molar-refractivity contribution in [1.82, 2.24) is 15.6 Å². The average molecular weight is 515 g/mol. The Morgan fingerprint density at radius 1 is 1.39 bits per heavy atom. The van der Waals surface area contributed by atoms with Crippen LogP contribution in [0.25, 0.3) is 0 Å². The summed E-state index contributed by atoms with van der Waals surface area (Å²) >= 11 is 6.24. The lowest BCUT2D eigenvalue weighted by atomic mass is 10.1. The van der Waals surface area contributed by atoms with Gasteiger partial charge in [0.1, 0.15) is 5.82 Å². The Morgan fingerprint density at radius 2 is 2.21 bits per heavy atom. The third-order valence-electron chi connectivity index (χ3n) is 4.46. The summed E-state index contributed by atoms with van der Waals surface area (Å²) in [7, 11) is 1.73. The third-order valence-corrected chi connectivity index (χ3v) is 4.76. The van der Waals surface area contributed by atoms with E-state index < -0.39 is 5.91 Å². The number of aliphatic imine (C=N–C) groups is 1. The monoisotopic (exact) mass is 514 g/mol. The standard InChI is InChI=1S/C19H23ClN6O.HI/c1-22-19(24-11-13-4-2-5-14(10-13)17(21)27)25-15-7-9-26(12-15)18-16(20)6-3-8-23-18;/h2-6,8,10,15H,7,9,11-12H2,1H3,(H2,21,27)(H2,22,24,25);1H. The second kappa shape index (κ2) is 10.5. The molecule has 0 radical (unpaired) electrons. The van der Waals surface area contributed by atoms with E-state index in [-0.39, 0.29) is 30.0 Å². The number of primary amides is 1. The van der Waals surface area contributed by atoms with Gasteiger partial charge in [0, 0.05) is 44.5 Å². The number of hydrogen-bond donors (Lipinski definition) is 3. The number of halogens is 2. The molecule has 3 rings (SSSR count). The zero-order valence-electron chi connectivity index (χ0n) is 15.6. The van der Waals surface area contributed by atoms with E-state index in [1.54, 1.807) is 25.4 Å². The van der Waals surface area contributed by atoms with Gasteiger partial charge in [0.05, 0.1) is 5.02 Å². The fraction of sp³-hybridized carbons (Fsp3) is 0.316. The first kappa shape index (κ1) is 22.2. The lowest BCUT2D eigenvalue weighted by Gasteiger charge is -2.20. The van der Waals surface area contributed by atoms with Crippen molar-refractivity contribution in [3.8, 4) is 0 Å². The Kier molecular flexibility index (Phi) is 8.31. The first-order chi connectivity index (χ1) is 13.1. The topological polar surface area (TPSA) is 95.6 Å². The molecule has 0 bridgehead atoms. The second-order valence-electron chi connectivity index (χ2n) is 6.38. The molecule has 1 amide bonds. The van der Waals surface area contributed by atoms with Gasteiger partial charge in [-0.05, 0) is 36.2 Å². The minimum absolute atomic E-state index is 0. The molecule has 4 N–H and O–H groups in total. The van der Waals surface area contributed by atoms with Crippen molar-refractivity contribution >= 4 is 53.3 Å². The second-order valence-corrected chi connectivity index (χ2v) is 6.78. The van der Waals surface area contributed by atoms with Crippen LogP contribution in [-0.2, 0) is 6.54 Å².